The first-order valence-corrected chi connectivity index (χ1v) is 12.4. The van der Waals surface area contributed by atoms with Crippen molar-refractivity contribution >= 4 is 17.3 Å². The zero-order valence-corrected chi connectivity index (χ0v) is 20.4. The van der Waals surface area contributed by atoms with Crippen molar-refractivity contribution in [2.45, 2.75) is 37.8 Å². The molecule has 8 heteroatoms. The van der Waals surface area contributed by atoms with Crippen LogP contribution >= 0.6 is 0 Å². The number of nitrogens with zero attached hydrogens (tertiary/aromatic N) is 1. The number of benzene rings is 1. The Bertz CT molecular complexity index is 1420. The van der Waals surface area contributed by atoms with Gasteiger partial charge < -0.3 is 25.7 Å². The van der Waals surface area contributed by atoms with E-state index in [0.29, 0.717) is 41.9 Å². The van der Waals surface area contributed by atoms with Gasteiger partial charge >= 0.3 is 0 Å². The summed E-state index contributed by atoms with van der Waals surface area (Å²) in [5.41, 5.74) is 4.88. The third-order valence-corrected chi connectivity index (χ3v) is 7.49. The summed E-state index contributed by atoms with van der Waals surface area (Å²) in [7, 11) is 3.40. The highest BCUT2D eigenvalue weighted by Gasteiger charge is 2.38. The molecule has 3 aliphatic rings. The van der Waals surface area contributed by atoms with Crippen LogP contribution in [0.3, 0.4) is 0 Å². The average molecular weight is 487 g/mol. The molecule has 0 spiro atoms. The van der Waals surface area contributed by atoms with E-state index in [1.807, 2.05) is 30.1 Å². The number of anilines is 2. The molecule has 1 saturated heterocycles. The molecule has 0 radical (unpaired) electrons. The quantitative estimate of drug-likeness (QED) is 0.337. The molecule has 3 aromatic rings. The van der Waals surface area contributed by atoms with Crippen molar-refractivity contribution < 1.29 is 18.5 Å². The summed E-state index contributed by atoms with van der Waals surface area (Å²) in [6.45, 7) is 0.556. The number of pyridine rings is 1. The molecule has 6 rings (SSSR count). The van der Waals surface area contributed by atoms with Gasteiger partial charge in [-0.1, -0.05) is 17.9 Å². The molecule has 2 aromatic heterocycles. The number of ether oxygens (including phenoxy) is 1. The third kappa shape index (κ3) is 3.90. The molecule has 7 nitrogen and oxygen atoms in total. The van der Waals surface area contributed by atoms with E-state index < -0.39 is 5.82 Å². The van der Waals surface area contributed by atoms with Crippen molar-refractivity contribution in [3.63, 3.8) is 0 Å². The SMILES string of the molecule is COc1c(F)cccc1Nc1c(-c2cc[n+](C)cc2C#C[C@@H]2N[C@H]3CC[C@@H]2C3)[nH]c2c1C(=O)NCC2. The maximum atomic E-state index is 14.5. The zero-order chi connectivity index (χ0) is 24.8. The van der Waals surface area contributed by atoms with Gasteiger partial charge in [-0.2, -0.15) is 0 Å². The molecular formula is C28H29FN5O2+. The minimum absolute atomic E-state index is 0.0939. The number of hydrogen-bond donors (Lipinski definition) is 4. The fourth-order valence-corrected chi connectivity index (χ4v) is 5.75. The normalized spacial score (nSPS) is 22.0. The Labute approximate surface area is 209 Å². The second kappa shape index (κ2) is 8.99. The number of methoxy groups -OCH3 is 1. The average Bonchev–Trinajstić information content (AvgIpc) is 3.58. The molecule has 184 valence electrons. The van der Waals surface area contributed by atoms with Gasteiger partial charge in [0.1, 0.15) is 7.05 Å². The topological polar surface area (TPSA) is 82.1 Å². The summed E-state index contributed by atoms with van der Waals surface area (Å²) < 4.78 is 21.8. The lowest BCUT2D eigenvalue weighted by atomic mass is 9.99. The Morgan fingerprint density at radius 3 is 2.92 bits per heavy atom. The van der Waals surface area contributed by atoms with E-state index >= 15 is 0 Å². The number of hydrogen-bond acceptors (Lipinski definition) is 4. The van der Waals surface area contributed by atoms with Crippen LogP contribution in [0, 0.1) is 23.6 Å². The van der Waals surface area contributed by atoms with Crippen LogP contribution in [-0.4, -0.2) is 36.6 Å². The van der Waals surface area contributed by atoms with E-state index in [4.69, 9.17) is 4.74 Å². The second-order valence-corrected chi connectivity index (χ2v) is 9.80. The number of aryl methyl sites for hydroxylation is 1. The minimum Gasteiger partial charge on any atom is -0.492 e. The lowest BCUT2D eigenvalue weighted by Gasteiger charge is -2.17. The van der Waals surface area contributed by atoms with Crippen molar-refractivity contribution in [3.8, 4) is 28.8 Å². The molecule has 3 atom stereocenters. The van der Waals surface area contributed by atoms with Crippen molar-refractivity contribution in [2.24, 2.45) is 13.0 Å². The highest BCUT2D eigenvalue weighted by molar-refractivity contribution is 6.06. The smallest absolute Gasteiger partial charge is 0.255 e. The van der Waals surface area contributed by atoms with Gasteiger partial charge in [-0.15, -0.1) is 0 Å². The minimum atomic E-state index is -0.477. The van der Waals surface area contributed by atoms with E-state index in [2.05, 4.69) is 32.8 Å². The van der Waals surface area contributed by atoms with Gasteiger partial charge in [0.25, 0.3) is 5.91 Å². The largest absolute Gasteiger partial charge is 0.492 e. The van der Waals surface area contributed by atoms with Crippen molar-refractivity contribution in [2.75, 3.05) is 19.0 Å². The monoisotopic (exact) mass is 486 g/mol. The van der Waals surface area contributed by atoms with Crippen LogP contribution in [0.2, 0.25) is 0 Å². The number of aromatic amines is 1. The first-order chi connectivity index (χ1) is 17.5. The number of halogens is 1. The summed E-state index contributed by atoms with van der Waals surface area (Å²) in [5.74, 6) is 6.96. The van der Waals surface area contributed by atoms with Crippen LogP contribution in [-0.2, 0) is 13.5 Å². The Morgan fingerprint density at radius 2 is 2.14 bits per heavy atom. The molecule has 4 N–H and O–H groups in total. The number of rotatable bonds is 4. The van der Waals surface area contributed by atoms with Gasteiger partial charge in [-0.25, -0.2) is 8.96 Å². The van der Waals surface area contributed by atoms with Gasteiger partial charge in [-0.05, 0) is 37.3 Å². The lowest BCUT2D eigenvalue weighted by molar-refractivity contribution is -0.671. The predicted octanol–water partition coefficient (Wildman–Crippen LogP) is 3.18. The first-order valence-electron chi connectivity index (χ1n) is 12.4. The zero-order valence-electron chi connectivity index (χ0n) is 20.4. The fourth-order valence-electron chi connectivity index (χ4n) is 5.75. The summed E-state index contributed by atoms with van der Waals surface area (Å²) >= 11 is 0. The summed E-state index contributed by atoms with van der Waals surface area (Å²) in [5, 5.41) is 9.87. The number of fused-ring (bicyclic) bond motifs is 3. The molecule has 1 aromatic carbocycles. The number of carbonyl (C=O) groups is 1. The first kappa shape index (κ1) is 22.6. The maximum Gasteiger partial charge on any atom is 0.255 e. The number of carbonyl (C=O) groups excluding carboxylic acids is 1. The number of para-hydroxylation sites is 1. The number of H-pyrrole nitrogens is 1. The highest BCUT2D eigenvalue weighted by atomic mass is 19.1. The van der Waals surface area contributed by atoms with Crippen molar-refractivity contribution in [3.05, 3.63) is 59.3 Å². The summed E-state index contributed by atoms with van der Waals surface area (Å²) in [6, 6.07) is 7.49. The molecule has 36 heavy (non-hydrogen) atoms. The Morgan fingerprint density at radius 1 is 1.25 bits per heavy atom. The van der Waals surface area contributed by atoms with Gasteiger partial charge in [0.15, 0.2) is 24.0 Å². The molecule has 2 bridgehead atoms. The molecule has 1 aliphatic carbocycles. The van der Waals surface area contributed by atoms with E-state index in [-0.39, 0.29) is 17.7 Å². The van der Waals surface area contributed by atoms with E-state index in [0.717, 1.165) is 22.5 Å². The fraction of sp³-hybridized carbons (Fsp3) is 0.357. The van der Waals surface area contributed by atoms with Crippen LogP contribution in [0.4, 0.5) is 15.8 Å². The van der Waals surface area contributed by atoms with Gasteiger partial charge in [0, 0.05) is 36.3 Å². The molecule has 1 amide bonds. The second-order valence-electron chi connectivity index (χ2n) is 9.80. The van der Waals surface area contributed by atoms with E-state index in [9.17, 15) is 9.18 Å². The standard InChI is InChI=1S/C28H28FN5O2/c1-34-13-11-19(17(15-34)7-9-21-16-6-8-18(14-16)31-21)25-26(24-22(32-25)10-12-30-28(24)35)33-23-5-3-4-20(29)27(23)36-2/h3-5,11,13,15-16,18,21,31H,6,8,10,12,14H2,1-2H3,(H2,30,32,33,35)/p+1/t16-,18+,21+/m1/s1. The Balaban J connectivity index is 1.47. The maximum absolute atomic E-state index is 14.5. The molecule has 2 fully saturated rings. The van der Waals surface area contributed by atoms with Crippen LogP contribution in [0.1, 0.15) is 40.9 Å². The Hall–Kier alpha value is -3.83. The predicted molar refractivity (Wildman–Crippen MR) is 135 cm³/mol. The van der Waals surface area contributed by atoms with Crippen LogP contribution in [0.15, 0.2) is 36.7 Å². The number of amides is 1. The number of nitrogens with one attached hydrogen (secondary N) is 4. The van der Waals surface area contributed by atoms with Crippen LogP contribution in [0.5, 0.6) is 5.75 Å². The summed E-state index contributed by atoms with van der Waals surface area (Å²) in [4.78, 5) is 16.4. The van der Waals surface area contributed by atoms with Gasteiger partial charge in [0.2, 0.25) is 0 Å². The molecule has 4 heterocycles. The Kier molecular flexibility index (Phi) is 5.65. The van der Waals surface area contributed by atoms with E-state index in [1.54, 1.807) is 12.1 Å². The lowest BCUT2D eigenvalue weighted by Crippen LogP contribution is -2.34. The van der Waals surface area contributed by atoms with Crippen molar-refractivity contribution in [1.29, 1.82) is 0 Å². The van der Waals surface area contributed by atoms with E-state index in [1.165, 1.54) is 32.4 Å². The summed E-state index contributed by atoms with van der Waals surface area (Å²) in [6.07, 6.45) is 8.31. The molecule has 1 saturated carbocycles. The van der Waals surface area contributed by atoms with Gasteiger partial charge in [0.05, 0.1) is 41.3 Å². The molecular weight excluding hydrogens is 457 g/mol. The van der Waals surface area contributed by atoms with Crippen LogP contribution < -0.4 is 25.3 Å². The molecule has 2 aliphatic heterocycles. The number of aromatic nitrogens is 2. The third-order valence-electron chi connectivity index (χ3n) is 7.49. The number of piperidine rings is 1. The highest BCUT2D eigenvalue weighted by Crippen LogP contribution is 2.40. The van der Waals surface area contributed by atoms with Gasteiger partial charge in [-0.3, -0.25) is 4.79 Å². The van der Waals surface area contributed by atoms with Crippen LogP contribution in [0.25, 0.3) is 11.3 Å². The molecule has 0 unspecified atom stereocenters. The van der Waals surface area contributed by atoms with Crippen molar-refractivity contribution in [1.82, 2.24) is 15.6 Å².